The van der Waals surface area contributed by atoms with E-state index in [1.807, 2.05) is 6.92 Å². The van der Waals surface area contributed by atoms with Gasteiger partial charge in [0, 0.05) is 13.6 Å². The average molecular weight is 459 g/mol. The summed E-state index contributed by atoms with van der Waals surface area (Å²) in [7, 11) is 1.66. The third-order valence-corrected chi connectivity index (χ3v) is 4.85. The van der Waals surface area contributed by atoms with Crippen LogP contribution in [0.25, 0.3) is 0 Å². The molecule has 0 bridgehead atoms. The summed E-state index contributed by atoms with van der Waals surface area (Å²) in [5, 5.41) is 11.0. The molecule has 2 aromatic rings. The van der Waals surface area contributed by atoms with Gasteiger partial charge < -0.3 is 24.9 Å². The highest BCUT2D eigenvalue weighted by atomic mass is 16.6. The van der Waals surface area contributed by atoms with Crippen LogP contribution in [-0.4, -0.2) is 47.1 Å². The predicted octanol–water partition coefficient (Wildman–Crippen LogP) is 3.64. The first kappa shape index (κ1) is 25.9. The van der Waals surface area contributed by atoms with Gasteiger partial charge in [0.05, 0.1) is 25.3 Å². The summed E-state index contributed by atoms with van der Waals surface area (Å²) >= 11 is 0. The molecule has 0 radical (unpaired) electrons. The van der Waals surface area contributed by atoms with E-state index in [1.54, 1.807) is 52.1 Å². The fourth-order valence-corrected chi connectivity index (χ4v) is 3.14. The zero-order chi connectivity index (χ0) is 24.4. The molecule has 0 saturated heterocycles. The molecule has 1 heterocycles. The summed E-state index contributed by atoms with van der Waals surface area (Å²) in [4.78, 5) is 29.0. The van der Waals surface area contributed by atoms with Crippen molar-refractivity contribution in [3.05, 3.63) is 46.6 Å². The standard InChI is InChI=1S/C24H34N4O5/c1-6-9-19(25)20-21(26-5)22(29)28(16-27-20)14-8-15-32-17-10-12-18(13-11-17)33-24(3,4)23(30)31-7-2/h10-13,16,25-26H,6-9,14-15H2,1-5H3. The lowest BCUT2D eigenvalue weighted by atomic mass is 10.1. The Balaban J connectivity index is 1.90. The minimum absolute atomic E-state index is 0.200. The Kier molecular flexibility index (Phi) is 9.44. The van der Waals surface area contributed by atoms with Gasteiger partial charge >= 0.3 is 5.97 Å². The first-order valence-corrected chi connectivity index (χ1v) is 11.2. The SMILES string of the molecule is CCCC(=N)c1ncn(CCCOc2ccc(OC(C)(C)C(=O)OCC)cc2)c(=O)c1NC. The molecular weight excluding hydrogens is 424 g/mol. The zero-order valence-corrected chi connectivity index (χ0v) is 20.1. The van der Waals surface area contributed by atoms with Gasteiger partial charge in [0.1, 0.15) is 22.9 Å². The van der Waals surface area contributed by atoms with Crippen molar-refractivity contribution in [2.75, 3.05) is 25.6 Å². The number of esters is 1. The van der Waals surface area contributed by atoms with Crippen molar-refractivity contribution in [3.63, 3.8) is 0 Å². The van der Waals surface area contributed by atoms with Crippen molar-refractivity contribution in [1.82, 2.24) is 9.55 Å². The molecule has 0 amide bonds. The first-order valence-electron chi connectivity index (χ1n) is 11.2. The molecular formula is C24H34N4O5. The number of hydrogen-bond acceptors (Lipinski definition) is 8. The smallest absolute Gasteiger partial charge is 0.349 e. The van der Waals surface area contributed by atoms with Crippen LogP contribution in [0.15, 0.2) is 35.4 Å². The molecule has 0 atom stereocenters. The second-order valence-electron chi connectivity index (χ2n) is 7.95. The van der Waals surface area contributed by atoms with E-state index >= 15 is 0 Å². The van der Waals surface area contributed by atoms with Crippen LogP contribution in [0.1, 0.15) is 52.7 Å². The van der Waals surface area contributed by atoms with Crippen molar-refractivity contribution in [2.24, 2.45) is 0 Å². The second-order valence-corrected chi connectivity index (χ2v) is 7.95. The lowest BCUT2D eigenvalue weighted by molar-refractivity contribution is -0.158. The third-order valence-electron chi connectivity index (χ3n) is 4.85. The van der Waals surface area contributed by atoms with Gasteiger partial charge in [-0.05, 0) is 57.9 Å². The first-order chi connectivity index (χ1) is 15.7. The monoisotopic (exact) mass is 458 g/mol. The molecule has 33 heavy (non-hydrogen) atoms. The van der Waals surface area contributed by atoms with Crippen LogP contribution < -0.4 is 20.3 Å². The Labute approximate surface area is 194 Å². The topological polar surface area (TPSA) is 116 Å². The molecule has 1 aromatic heterocycles. The van der Waals surface area contributed by atoms with Crippen molar-refractivity contribution in [2.45, 2.75) is 59.1 Å². The molecule has 2 N–H and O–H groups in total. The molecule has 9 heteroatoms. The van der Waals surface area contributed by atoms with E-state index in [2.05, 4.69) is 10.3 Å². The normalized spacial score (nSPS) is 11.1. The number of anilines is 1. The van der Waals surface area contributed by atoms with E-state index in [-0.39, 0.29) is 5.56 Å². The van der Waals surface area contributed by atoms with E-state index in [0.717, 1.165) is 6.42 Å². The number of aryl methyl sites for hydroxylation is 1. The Morgan fingerprint density at radius 3 is 2.45 bits per heavy atom. The number of ether oxygens (including phenoxy) is 3. The molecule has 0 aliphatic heterocycles. The van der Waals surface area contributed by atoms with Crippen LogP contribution >= 0.6 is 0 Å². The van der Waals surface area contributed by atoms with E-state index < -0.39 is 11.6 Å². The van der Waals surface area contributed by atoms with E-state index in [0.29, 0.717) is 61.2 Å². The van der Waals surface area contributed by atoms with E-state index in [9.17, 15) is 9.59 Å². The fourth-order valence-electron chi connectivity index (χ4n) is 3.14. The maximum atomic E-state index is 12.7. The van der Waals surface area contributed by atoms with Crippen molar-refractivity contribution in [1.29, 1.82) is 5.41 Å². The molecule has 0 fully saturated rings. The van der Waals surface area contributed by atoms with Crippen molar-refractivity contribution < 1.29 is 19.0 Å². The summed E-state index contributed by atoms with van der Waals surface area (Å²) in [6.07, 6.45) is 3.48. The Morgan fingerprint density at radius 2 is 1.85 bits per heavy atom. The summed E-state index contributed by atoms with van der Waals surface area (Å²) in [6.45, 7) is 8.19. The molecule has 2 rings (SSSR count). The Bertz CT molecular complexity index is 999. The fraction of sp³-hybridized carbons (Fsp3) is 0.500. The quantitative estimate of drug-likeness (QED) is 0.267. The number of benzene rings is 1. The van der Waals surface area contributed by atoms with Gasteiger partial charge in [-0.2, -0.15) is 0 Å². The number of carbonyl (C=O) groups excluding carboxylic acids is 1. The highest BCUT2D eigenvalue weighted by molar-refractivity contribution is 6.00. The van der Waals surface area contributed by atoms with Crippen LogP contribution in [-0.2, 0) is 16.1 Å². The van der Waals surface area contributed by atoms with Crippen LogP contribution in [0, 0.1) is 5.41 Å². The molecule has 0 unspecified atom stereocenters. The molecule has 0 aliphatic rings. The van der Waals surface area contributed by atoms with Crippen LogP contribution in [0.5, 0.6) is 11.5 Å². The average Bonchev–Trinajstić information content (AvgIpc) is 2.78. The van der Waals surface area contributed by atoms with E-state index in [4.69, 9.17) is 19.6 Å². The van der Waals surface area contributed by atoms with Gasteiger partial charge in [-0.25, -0.2) is 9.78 Å². The number of aromatic nitrogens is 2. The lowest BCUT2D eigenvalue weighted by Crippen LogP contribution is -2.39. The summed E-state index contributed by atoms with van der Waals surface area (Å²) in [5.41, 5.74) is -0.179. The second kappa shape index (κ2) is 12.0. The molecule has 180 valence electrons. The van der Waals surface area contributed by atoms with Gasteiger partial charge in [-0.1, -0.05) is 13.3 Å². The number of carbonyl (C=O) groups is 1. The van der Waals surface area contributed by atoms with Gasteiger partial charge in [-0.15, -0.1) is 0 Å². The van der Waals surface area contributed by atoms with Gasteiger partial charge in [-0.3, -0.25) is 9.36 Å². The predicted molar refractivity (Wildman–Crippen MR) is 128 cm³/mol. The maximum Gasteiger partial charge on any atom is 0.349 e. The zero-order valence-electron chi connectivity index (χ0n) is 20.1. The molecule has 0 spiro atoms. The largest absolute Gasteiger partial charge is 0.494 e. The lowest BCUT2D eigenvalue weighted by Gasteiger charge is -2.24. The van der Waals surface area contributed by atoms with Gasteiger partial charge in [0.25, 0.3) is 5.56 Å². The highest BCUT2D eigenvalue weighted by Gasteiger charge is 2.31. The summed E-state index contributed by atoms with van der Waals surface area (Å²) in [6, 6.07) is 6.98. The molecule has 0 aliphatic carbocycles. The van der Waals surface area contributed by atoms with E-state index in [1.165, 1.54) is 10.9 Å². The van der Waals surface area contributed by atoms with Crippen molar-refractivity contribution in [3.8, 4) is 11.5 Å². The minimum atomic E-state index is -1.09. The maximum absolute atomic E-state index is 12.7. The number of hydrogen-bond donors (Lipinski definition) is 2. The number of nitrogens with zero attached hydrogens (tertiary/aromatic N) is 2. The van der Waals surface area contributed by atoms with Gasteiger partial charge in [0.15, 0.2) is 5.60 Å². The Hall–Kier alpha value is -3.36. The summed E-state index contributed by atoms with van der Waals surface area (Å²) in [5.74, 6) is 0.763. The number of nitrogens with one attached hydrogen (secondary N) is 2. The number of rotatable bonds is 13. The third kappa shape index (κ3) is 7.06. The highest BCUT2D eigenvalue weighted by Crippen LogP contribution is 2.23. The Morgan fingerprint density at radius 1 is 1.18 bits per heavy atom. The van der Waals surface area contributed by atoms with Crippen LogP contribution in [0.3, 0.4) is 0 Å². The summed E-state index contributed by atoms with van der Waals surface area (Å²) < 4.78 is 18.0. The van der Waals surface area contributed by atoms with Gasteiger partial charge in [0.2, 0.25) is 0 Å². The van der Waals surface area contributed by atoms with Crippen LogP contribution in [0.2, 0.25) is 0 Å². The molecule has 9 nitrogen and oxygen atoms in total. The van der Waals surface area contributed by atoms with Crippen LogP contribution in [0.4, 0.5) is 5.69 Å². The van der Waals surface area contributed by atoms with Crippen molar-refractivity contribution >= 4 is 17.4 Å². The molecule has 0 saturated carbocycles. The minimum Gasteiger partial charge on any atom is -0.494 e. The molecule has 1 aromatic carbocycles.